The molecule has 0 radical (unpaired) electrons. The minimum Gasteiger partial charge on any atom is -0.439 e. The normalized spacial score (nSPS) is 10.6. The van der Waals surface area contributed by atoms with Crippen LogP contribution in [0.15, 0.2) is 59.8 Å². The molecule has 0 aliphatic heterocycles. The summed E-state index contributed by atoms with van der Waals surface area (Å²) in [6.07, 6.45) is 0. The number of halogens is 2. The predicted octanol–water partition coefficient (Wildman–Crippen LogP) is 5.66. The van der Waals surface area contributed by atoms with E-state index in [1.54, 1.807) is 18.2 Å². The van der Waals surface area contributed by atoms with Crippen molar-refractivity contribution in [2.45, 2.75) is 17.8 Å². The third-order valence-electron chi connectivity index (χ3n) is 3.14. The topological polar surface area (TPSA) is 35.0 Å². The molecule has 0 fully saturated rings. The monoisotopic (exact) mass is 360 g/mol. The molecule has 0 atom stereocenters. The molecule has 0 aliphatic rings. The molecule has 122 valence electrons. The first kappa shape index (κ1) is 16.7. The lowest BCUT2D eigenvalue weighted by Gasteiger charge is -2.08. The van der Waals surface area contributed by atoms with Crippen LogP contribution >= 0.6 is 23.4 Å². The Labute approximate surface area is 148 Å². The van der Waals surface area contributed by atoms with Crippen molar-refractivity contribution in [3.8, 4) is 11.6 Å². The van der Waals surface area contributed by atoms with E-state index in [1.165, 1.54) is 23.9 Å². The molecular weight excluding hydrogens is 347 g/mol. The molecule has 0 saturated carbocycles. The fraction of sp³-hybridized carbons (Fsp3) is 0.111. The smallest absolute Gasteiger partial charge is 0.223 e. The fourth-order valence-electron chi connectivity index (χ4n) is 2.04. The van der Waals surface area contributed by atoms with Crippen LogP contribution in [0.25, 0.3) is 0 Å². The highest BCUT2D eigenvalue weighted by atomic mass is 35.5. The third kappa shape index (κ3) is 4.46. The van der Waals surface area contributed by atoms with Crippen LogP contribution in [-0.2, 0) is 5.75 Å². The lowest BCUT2D eigenvalue weighted by atomic mass is 10.2. The fourth-order valence-corrected chi connectivity index (χ4v) is 3.22. The SMILES string of the molecule is Cc1cc(Oc2cccc(F)c2)nc(SCc2ccccc2Cl)n1. The average molecular weight is 361 g/mol. The number of aryl methyl sites for hydroxylation is 1. The Morgan fingerprint density at radius 3 is 2.71 bits per heavy atom. The summed E-state index contributed by atoms with van der Waals surface area (Å²) < 4.78 is 18.9. The van der Waals surface area contributed by atoms with Gasteiger partial charge >= 0.3 is 0 Å². The van der Waals surface area contributed by atoms with Gasteiger partial charge in [-0.2, -0.15) is 4.98 Å². The minimum absolute atomic E-state index is 0.355. The molecule has 0 unspecified atom stereocenters. The van der Waals surface area contributed by atoms with Gasteiger partial charge in [-0.1, -0.05) is 47.6 Å². The van der Waals surface area contributed by atoms with E-state index in [4.69, 9.17) is 16.3 Å². The van der Waals surface area contributed by atoms with Gasteiger partial charge in [-0.3, -0.25) is 0 Å². The van der Waals surface area contributed by atoms with E-state index in [0.717, 1.165) is 11.3 Å². The summed E-state index contributed by atoms with van der Waals surface area (Å²) >= 11 is 7.63. The van der Waals surface area contributed by atoms with Gasteiger partial charge < -0.3 is 4.74 Å². The minimum atomic E-state index is -0.355. The highest BCUT2D eigenvalue weighted by molar-refractivity contribution is 7.98. The quantitative estimate of drug-likeness (QED) is 0.434. The number of rotatable bonds is 5. The Kier molecular flexibility index (Phi) is 5.33. The van der Waals surface area contributed by atoms with Gasteiger partial charge in [-0.05, 0) is 30.7 Å². The molecule has 0 bridgehead atoms. The lowest BCUT2D eigenvalue weighted by molar-refractivity contribution is 0.450. The molecular formula is C18H14ClFN2OS. The first-order valence-electron chi connectivity index (χ1n) is 7.25. The van der Waals surface area contributed by atoms with Crippen molar-refractivity contribution in [3.63, 3.8) is 0 Å². The number of thioether (sulfide) groups is 1. The van der Waals surface area contributed by atoms with Crippen molar-refractivity contribution in [1.82, 2.24) is 9.97 Å². The summed E-state index contributed by atoms with van der Waals surface area (Å²) in [4.78, 5) is 8.76. The maximum Gasteiger partial charge on any atom is 0.223 e. The Hall–Kier alpha value is -2.11. The molecule has 24 heavy (non-hydrogen) atoms. The first-order valence-corrected chi connectivity index (χ1v) is 8.62. The van der Waals surface area contributed by atoms with Crippen LogP contribution in [0.5, 0.6) is 11.6 Å². The van der Waals surface area contributed by atoms with Crippen molar-refractivity contribution < 1.29 is 9.13 Å². The van der Waals surface area contributed by atoms with Gasteiger partial charge in [-0.25, -0.2) is 9.37 Å². The van der Waals surface area contributed by atoms with Gasteiger partial charge in [0.05, 0.1) is 0 Å². The molecule has 3 aromatic rings. The third-order valence-corrected chi connectivity index (χ3v) is 4.41. The molecule has 3 rings (SSSR count). The summed E-state index contributed by atoms with van der Waals surface area (Å²) in [5, 5.41) is 1.30. The zero-order chi connectivity index (χ0) is 16.9. The van der Waals surface area contributed by atoms with E-state index in [0.29, 0.717) is 27.6 Å². The van der Waals surface area contributed by atoms with Crippen molar-refractivity contribution in [2.75, 3.05) is 0 Å². The second kappa shape index (κ2) is 7.64. The van der Waals surface area contributed by atoms with Gasteiger partial charge in [0.15, 0.2) is 5.16 Å². The molecule has 6 heteroatoms. The largest absolute Gasteiger partial charge is 0.439 e. The Morgan fingerprint density at radius 1 is 1.08 bits per heavy atom. The number of aromatic nitrogens is 2. The van der Waals surface area contributed by atoms with Crippen LogP contribution in [0.3, 0.4) is 0 Å². The standard InChI is InChI=1S/C18H14ClFN2OS/c1-12-9-17(23-15-7-4-6-14(20)10-15)22-18(21-12)24-11-13-5-2-3-8-16(13)19/h2-10H,11H2,1H3. The van der Waals surface area contributed by atoms with E-state index in [1.807, 2.05) is 31.2 Å². The van der Waals surface area contributed by atoms with Gasteiger partial charge in [0.1, 0.15) is 11.6 Å². The van der Waals surface area contributed by atoms with Crippen LogP contribution in [-0.4, -0.2) is 9.97 Å². The molecule has 2 aromatic carbocycles. The second-order valence-electron chi connectivity index (χ2n) is 5.07. The van der Waals surface area contributed by atoms with Crippen molar-refractivity contribution in [3.05, 3.63) is 76.7 Å². The maximum absolute atomic E-state index is 13.2. The highest BCUT2D eigenvalue weighted by Gasteiger charge is 2.07. The van der Waals surface area contributed by atoms with Crippen LogP contribution in [0.1, 0.15) is 11.3 Å². The van der Waals surface area contributed by atoms with E-state index in [-0.39, 0.29) is 5.82 Å². The Morgan fingerprint density at radius 2 is 1.92 bits per heavy atom. The molecule has 0 saturated heterocycles. The second-order valence-corrected chi connectivity index (χ2v) is 6.42. The Bertz CT molecular complexity index is 860. The van der Waals surface area contributed by atoms with Gasteiger partial charge in [0.25, 0.3) is 0 Å². The summed E-state index contributed by atoms with van der Waals surface area (Å²) in [7, 11) is 0. The van der Waals surface area contributed by atoms with Crippen LogP contribution in [0.2, 0.25) is 5.02 Å². The molecule has 0 amide bonds. The van der Waals surface area contributed by atoms with Crippen molar-refractivity contribution >= 4 is 23.4 Å². The van der Waals surface area contributed by atoms with Gasteiger partial charge in [0.2, 0.25) is 5.88 Å². The van der Waals surface area contributed by atoms with Gasteiger partial charge in [-0.15, -0.1) is 0 Å². The molecule has 0 spiro atoms. The zero-order valence-electron chi connectivity index (χ0n) is 12.9. The maximum atomic E-state index is 13.2. The molecule has 3 nitrogen and oxygen atoms in total. The van der Waals surface area contributed by atoms with Crippen LogP contribution in [0.4, 0.5) is 4.39 Å². The molecule has 1 heterocycles. The molecule has 0 N–H and O–H groups in total. The van der Waals surface area contributed by atoms with E-state index < -0.39 is 0 Å². The van der Waals surface area contributed by atoms with Crippen LogP contribution in [0, 0.1) is 12.7 Å². The zero-order valence-corrected chi connectivity index (χ0v) is 14.4. The van der Waals surface area contributed by atoms with Crippen molar-refractivity contribution in [2.24, 2.45) is 0 Å². The van der Waals surface area contributed by atoms with E-state index >= 15 is 0 Å². The number of nitrogens with zero attached hydrogens (tertiary/aromatic N) is 2. The van der Waals surface area contributed by atoms with Gasteiger partial charge in [0, 0.05) is 28.6 Å². The predicted molar refractivity (Wildman–Crippen MR) is 94.3 cm³/mol. The number of hydrogen-bond donors (Lipinski definition) is 0. The number of benzene rings is 2. The lowest BCUT2D eigenvalue weighted by Crippen LogP contribution is -1.95. The summed E-state index contributed by atoms with van der Waals surface area (Å²) in [5.41, 5.74) is 1.79. The first-order chi connectivity index (χ1) is 11.6. The summed E-state index contributed by atoms with van der Waals surface area (Å²) in [6.45, 7) is 1.86. The van der Waals surface area contributed by atoms with E-state index in [2.05, 4.69) is 9.97 Å². The highest BCUT2D eigenvalue weighted by Crippen LogP contribution is 2.27. The number of ether oxygens (including phenoxy) is 1. The molecule has 1 aromatic heterocycles. The Balaban J connectivity index is 1.75. The average Bonchev–Trinajstić information content (AvgIpc) is 2.53. The van der Waals surface area contributed by atoms with Crippen molar-refractivity contribution in [1.29, 1.82) is 0 Å². The summed E-state index contributed by atoms with van der Waals surface area (Å²) in [5.74, 6) is 1.08. The number of hydrogen-bond acceptors (Lipinski definition) is 4. The van der Waals surface area contributed by atoms with Crippen LogP contribution < -0.4 is 4.74 Å². The summed E-state index contributed by atoms with van der Waals surface area (Å²) in [6, 6.07) is 15.3. The molecule has 0 aliphatic carbocycles. The van der Waals surface area contributed by atoms with E-state index in [9.17, 15) is 4.39 Å².